The van der Waals surface area contributed by atoms with E-state index >= 15 is 0 Å². The fourth-order valence-corrected chi connectivity index (χ4v) is 2.65. The van der Waals surface area contributed by atoms with E-state index in [0.717, 1.165) is 28.0 Å². The monoisotopic (exact) mass is 310 g/mol. The van der Waals surface area contributed by atoms with E-state index in [-0.39, 0.29) is 5.97 Å². The molecule has 3 aromatic heterocycles. The minimum Gasteiger partial charge on any atom is -0.463 e. The summed E-state index contributed by atoms with van der Waals surface area (Å²) < 4.78 is 8.79. The van der Waals surface area contributed by atoms with Gasteiger partial charge >= 0.3 is 5.97 Å². The van der Waals surface area contributed by atoms with Crippen molar-refractivity contribution in [2.24, 2.45) is 7.05 Å². The van der Waals surface area contributed by atoms with Crippen LogP contribution in [0.1, 0.15) is 18.2 Å². The van der Waals surface area contributed by atoms with Gasteiger partial charge in [-0.05, 0) is 32.1 Å². The SMILES string of the molecule is CCOC(=O)/C=C/c1c(C)nn(C)c1-n1ccc2cnccc21. The molecule has 118 valence electrons. The summed E-state index contributed by atoms with van der Waals surface area (Å²) in [5.41, 5.74) is 2.77. The van der Waals surface area contributed by atoms with Gasteiger partial charge in [0.15, 0.2) is 0 Å². The van der Waals surface area contributed by atoms with Gasteiger partial charge in [-0.1, -0.05) is 0 Å². The lowest BCUT2D eigenvalue weighted by Gasteiger charge is -2.07. The Labute approximate surface area is 134 Å². The third kappa shape index (κ3) is 2.75. The van der Waals surface area contributed by atoms with E-state index in [2.05, 4.69) is 10.1 Å². The van der Waals surface area contributed by atoms with Crippen LogP contribution in [0, 0.1) is 6.92 Å². The quantitative estimate of drug-likeness (QED) is 0.549. The fourth-order valence-electron chi connectivity index (χ4n) is 2.65. The summed E-state index contributed by atoms with van der Waals surface area (Å²) in [5.74, 6) is 0.535. The van der Waals surface area contributed by atoms with Gasteiger partial charge in [-0.2, -0.15) is 5.10 Å². The lowest BCUT2D eigenvalue weighted by atomic mass is 10.2. The third-order valence-electron chi connectivity index (χ3n) is 3.63. The normalized spacial score (nSPS) is 11.4. The molecule has 0 spiro atoms. The van der Waals surface area contributed by atoms with Crippen molar-refractivity contribution in [2.45, 2.75) is 13.8 Å². The predicted molar refractivity (Wildman–Crippen MR) is 88.2 cm³/mol. The molecule has 0 aliphatic heterocycles. The molecule has 6 nitrogen and oxygen atoms in total. The number of nitrogens with zero attached hydrogens (tertiary/aromatic N) is 4. The van der Waals surface area contributed by atoms with Crippen LogP contribution < -0.4 is 0 Å². The van der Waals surface area contributed by atoms with Crippen molar-refractivity contribution in [1.29, 1.82) is 0 Å². The molecule has 0 bridgehead atoms. The third-order valence-corrected chi connectivity index (χ3v) is 3.63. The summed E-state index contributed by atoms with van der Waals surface area (Å²) in [6.45, 7) is 4.06. The minimum atomic E-state index is -0.358. The molecular weight excluding hydrogens is 292 g/mol. The molecule has 0 N–H and O–H groups in total. The second-order valence-electron chi connectivity index (χ2n) is 5.15. The first-order chi connectivity index (χ1) is 11.1. The van der Waals surface area contributed by atoms with Crippen molar-refractivity contribution in [3.8, 4) is 5.82 Å². The van der Waals surface area contributed by atoms with E-state index in [0.29, 0.717) is 6.61 Å². The Balaban J connectivity index is 2.11. The first-order valence-electron chi connectivity index (χ1n) is 7.41. The zero-order valence-electron chi connectivity index (χ0n) is 13.4. The van der Waals surface area contributed by atoms with E-state index < -0.39 is 0 Å². The highest BCUT2D eigenvalue weighted by molar-refractivity contribution is 5.88. The van der Waals surface area contributed by atoms with Gasteiger partial charge in [-0.3, -0.25) is 9.67 Å². The molecule has 0 unspecified atom stereocenters. The smallest absolute Gasteiger partial charge is 0.330 e. The van der Waals surface area contributed by atoms with E-state index in [4.69, 9.17) is 4.74 Å². The van der Waals surface area contributed by atoms with Crippen LogP contribution in [-0.4, -0.2) is 31.9 Å². The number of esters is 1. The van der Waals surface area contributed by atoms with Crippen LogP contribution in [0.4, 0.5) is 0 Å². The van der Waals surface area contributed by atoms with Crippen molar-refractivity contribution < 1.29 is 9.53 Å². The van der Waals surface area contributed by atoms with E-state index in [1.54, 1.807) is 23.9 Å². The van der Waals surface area contributed by atoms with Crippen molar-refractivity contribution >= 4 is 22.9 Å². The Morgan fingerprint density at radius 3 is 3.00 bits per heavy atom. The first-order valence-corrected chi connectivity index (χ1v) is 7.41. The predicted octanol–water partition coefficient (Wildman–Crippen LogP) is 2.64. The molecule has 0 amide bonds. The van der Waals surface area contributed by atoms with Crippen molar-refractivity contribution in [3.63, 3.8) is 0 Å². The number of hydrogen-bond acceptors (Lipinski definition) is 4. The first kappa shape index (κ1) is 15.0. The number of rotatable bonds is 4. The van der Waals surface area contributed by atoms with Gasteiger partial charge in [0.05, 0.1) is 17.8 Å². The summed E-state index contributed by atoms with van der Waals surface area (Å²) >= 11 is 0. The van der Waals surface area contributed by atoms with Gasteiger partial charge in [0.1, 0.15) is 5.82 Å². The average molecular weight is 310 g/mol. The van der Waals surface area contributed by atoms with E-state index in [9.17, 15) is 4.79 Å². The molecular formula is C17H18N4O2. The zero-order chi connectivity index (χ0) is 16.4. The van der Waals surface area contributed by atoms with Gasteiger partial charge in [-0.25, -0.2) is 4.79 Å². The largest absolute Gasteiger partial charge is 0.463 e. The number of aromatic nitrogens is 4. The Bertz CT molecular complexity index is 889. The molecule has 0 saturated carbocycles. The maximum atomic E-state index is 11.6. The number of carbonyl (C=O) groups excluding carboxylic acids is 1. The van der Waals surface area contributed by atoms with Gasteiger partial charge in [-0.15, -0.1) is 0 Å². The van der Waals surface area contributed by atoms with Gasteiger partial charge in [0.2, 0.25) is 0 Å². The molecule has 0 radical (unpaired) electrons. The van der Waals surface area contributed by atoms with E-state index in [1.807, 2.05) is 43.1 Å². The molecule has 6 heteroatoms. The minimum absolute atomic E-state index is 0.358. The maximum Gasteiger partial charge on any atom is 0.330 e. The summed E-state index contributed by atoms with van der Waals surface area (Å²) in [4.78, 5) is 15.7. The molecule has 0 aromatic carbocycles. The molecule has 0 saturated heterocycles. The highest BCUT2D eigenvalue weighted by Gasteiger charge is 2.15. The Morgan fingerprint density at radius 2 is 2.22 bits per heavy atom. The molecule has 3 heterocycles. The van der Waals surface area contributed by atoms with E-state index in [1.165, 1.54) is 6.08 Å². The van der Waals surface area contributed by atoms with Gasteiger partial charge in [0, 0.05) is 42.7 Å². The van der Waals surface area contributed by atoms with Crippen LogP contribution in [0.2, 0.25) is 0 Å². The highest BCUT2D eigenvalue weighted by atomic mass is 16.5. The molecule has 0 atom stereocenters. The number of pyridine rings is 1. The lowest BCUT2D eigenvalue weighted by Crippen LogP contribution is -2.03. The van der Waals surface area contributed by atoms with Crippen LogP contribution in [-0.2, 0) is 16.6 Å². The second-order valence-corrected chi connectivity index (χ2v) is 5.15. The lowest BCUT2D eigenvalue weighted by molar-refractivity contribution is -0.137. The standard InChI is InChI=1S/C17H18N4O2/c1-4-23-16(22)6-5-14-12(2)19-20(3)17(14)21-10-8-13-11-18-9-7-15(13)21/h5-11H,4H2,1-3H3/b6-5+. The topological polar surface area (TPSA) is 61.9 Å². The number of ether oxygens (including phenoxy) is 1. The van der Waals surface area contributed by atoms with Crippen LogP contribution in [0.25, 0.3) is 22.8 Å². The maximum absolute atomic E-state index is 11.6. The Kier molecular flexibility index (Phi) is 3.97. The molecule has 0 fully saturated rings. The zero-order valence-corrected chi connectivity index (χ0v) is 13.4. The molecule has 23 heavy (non-hydrogen) atoms. The van der Waals surface area contributed by atoms with Crippen molar-refractivity contribution in [2.75, 3.05) is 6.61 Å². The summed E-state index contributed by atoms with van der Waals surface area (Å²) in [6, 6.07) is 3.96. The van der Waals surface area contributed by atoms with Crippen molar-refractivity contribution in [1.82, 2.24) is 19.3 Å². The van der Waals surface area contributed by atoms with Crippen LogP contribution in [0.3, 0.4) is 0 Å². The van der Waals surface area contributed by atoms with Crippen LogP contribution in [0.15, 0.2) is 36.8 Å². The van der Waals surface area contributed by atoms with Crippen molar-refractivity contribution in [3.05, 3.63) is 48.1 Å². The number of carbonyl (C=O) groups is 1. The fraction of sp³-hybridized carbons (Fsp3) is 0.235. The Hall–Kier alpha value is -2.89. The summed E-state index contributed by atoms with van der Waals surface area (Å²) in [5, 5.41) is 5.52. The summed E-state index contributed by atoms with van der Waals surface area (Å²) in [7, 11) is 1.89. The van der Waals surface area contributed by atoms with Gasteiger partial charge in [0.25, 0.3) is 0 Å². The molecule has 0 aliphatic rings. The second kappa shape index (κ2) is 6.08. The summed E-state index contributed by atoms with van der Waals surface area (Å²) in [6.07, 6.45) is 8.75. The molecule has 3 rings (SSSR count). The average Bonchev–Trinajstić information content (AvgIpc) is 3.06. The number of hydrogen-bond donors (Lipinski definition) is 0. The number of aryl methyl sites for hydroxylation is 2. The van der Waals surface area contributed by atoms with Crippen LogP contribution in [0.5, 0.6) is 0 Å². The highest BCUT2D eigenvalue weighted by Crippen LogP contribution is 2.24. The number of fused-ring (bicyclic) bond motifs is 1. The van der Waals surface area contributed by atoms with Crippen LogP contribution >= 0.6 is 0 Å². The Morgan fingerprint density at radius 1 is 1.39 bits per heavy atom. The molecule has 3 aromatic rings. The molecule has 0 aliphatic carbocycles. The van der Waals surface area contributed by atoms with Gasteiger partial charge < -0.3 is 9.30 Å².